The van der Waals surface area contributed by atoms with Crippen molar-refractivity contribution in [3.05, 3.63) is 64.5 Å². The fourth-order valence-corrected chi connectivity index (χ4v) is 3.85. The van der Waals surface area contributed by atoms with Gasteiger partial charge in [-0.3, -0.25) is 14.5 Å². The molecule has 0 bridgehead atoms. The monoisotopic (exact) mass is 481 g/mol. The molecule has 34 heavy (non-hydrogen) atoms. The average molecular weight is 481 g/mol. The number of anilines is 1. The zero-order valence-corrected chi connectivity index (χ0v) is 19.1. The van der Waals surface area contributed by atoms with Crippen molar-refractivity contribution in [3.63, 3.8) is 0 Å². The molecule has 2 N–H and O–H groups in total. The Hall–Kier alpha value is -2.98. The summed E-state index contributed by atoms with van der Waals surface area (Å²) in [5, 5.41) is 4.23. The number of carbonyl (C=O) groups is 2. The van der Waals surface area contributed by atoms with Gasteiger partial charge in [0.1, 0.15) is 12.4 Å². The minimum atomic E-state index is -4.60. The molecule has 0 aliphatic carbocycles. The van der Waals surface area contributed by atoms with E-state index in [1.54, 1.807) is 17.4 Å². The molecule has 1 heterocycles. The Morgan fingerprint density at radius 3 is 2.24 bits per heavy atom. The molecule has 2 amide bonds. The number of carbonyl (C=O) groups excluding carboxylic acids is 2. The van der Waals surface area contributed by atoms with Gasteiger partial charge >= 0.3 is 6.18 Å². The third-order valence-corrected chi connectivity index (χ3v) is 5.42. The van der Waals surface area contributed by atoms with Crippen LogP contribution in [0.3, 0.4) is 0 Å². The molecule has 10 heteroatoms. The first kappa shape index (κ1) is 25.6. The van der Waals surface area contributed by atoms with Gasteiger partial charge in [0.25, 0.3) is 11.8 Å². The van der Waals surface area contributed by atoms with Crippen molar-refractivity contribution in [2.24, 2.45) is 0 Å². The van der Waals surface area contributed by atoms with Gasteiger partial charge in [0, 0.05) is 42.0 Å². The average Bonchev–Trinajstić information content (AvgIpc) is 2.74. The predicted octanol–water partition coefficient (Wildman–Crippen LogP) is 4.29. The van der Waals surface area contributed by atoms with Crippen molar-refractivity contribution in [3.8, 4) is 0 Å². The summed E-state index contributed by atoms with van der Waals surface area (Å²) in [5.74, 6) is -2.45. The molecular weight excluding hydrogens is 454 g/mol. The van der Waals surface area contributed by atoms with Crippen LogP contribution in [0.1, 0.15) is 45.7 Å². The Bertz CT molecular complexity index is 1030. The molecule has 1 fully saturated rings. The van der Waals surface area contributed by atoms with Crippen LogP contribution in [-0.2, 0) is 11.3 Å². The smallest absolute Gasteiger partial charge is 0.373 e. The van der Waals surface area contributed by atoms with Gasteiger partial charge in [0.05, 0.1) is 12.2 Å². The van der Waals surface area contributed by atoms with Crippen molar-refractivity contribution in [1.29, 1.82) is 0 Å². The Kier molecular flexibility index (Phi) is 7.93. The van der Waals surface area contributed by atoms with Gasteiger partial charge in [0.15, 0.2) is 0 Å². The van der Waals surface area contributed by atoms with Crippen molar-refractivity contribution in [2.75, 3.05) is 25.0 Å². The highest BCUT2D eigenvalue weighted by Crippen LogP contribution is 2.23. The van der Waals surface area contributed by atoms with Crippen molar-refractivity contribution >= 4 is 17.5 Å². The molecule has 2 atom stereocenters. The van der Waals surface area contributed by atoms with Crippen LogP contribution in [-0.4, -0.2) is 54.7 Å². The molecule has 0 aromatic heterocycles. The van der Waals surface area contributed by atoms with Crippen LogP contribution < -0.4 is 10.6 Å². The number of rotatable bonds is 6. The van der Waals surface area contributed by atoms with Crippen LogP contribution in [0.4, 0.5) is 23.2 Å². The molecule has 1 saturated heterocycles. The van der Waals surface area contributed by atoms with E-state index in [0.29, 0.717) is 12.1 Å². The largest absolute Gasteiger partial charge is 0.405 e. The standard InChI is InChI=1S/C24H27F4N3O3/c1-14-10-31(11-15(2)34-14)12-17-4-6-18(7-5-17)23(33)30-21-9-19(8-20(25)16(21)3)22(32)29-13-24(26,27)28/h4-9,14-15H,10-13H2,1-3H3,(H,29,32)(H,30,33). The fourth-order valence-electron chi connectivity index (χ4n) is 3.85. The van der Waals surface area contributed by atoms with E-state index < -0.39 is 30.4 Å². The number of ether oxygens (including phenoxy) is 1. The Morgan fingerprint density at radius 1 is 1.03 bits per heavy atom. The van der Waals surface area contributed by atoms with E-state index in [9.17, 15) is 27.2 Å². The van der Waals surface area contributed by atoms with Crippen LogP contribution >= 0.6 is 0 Å². The normalized spacial score (nSPS) is 19.0. The number of amides is 2. The van der Waals surface area contributed by atoms with Crippen molar-refractivity contribution in [2.45, 2.75) is 45.7 Å². The second-order valence-corrected chi connectivity index (χ2v) is 8.53. The maximum Gasteiger partial charge on any atom is 0.405 e. The van der Waals surface area contributed by atoms with Gasteiger partial charge in [-0.05, 0) is 50.6 Å². The number of nitrogens with zero attached hydrogens (tertiary/aromatic N) is 1. The van der Waals surface area contributed by atoms with Crippen LogP contribution in [0.5, 0.6) is 0 Å². The van der Waals surface area contributed by atoms with Gasteiger partial charge < -0.3 is 15.4 Å². The first-order valence-electron chi connectivity index (χ1n) is 10.8. The van der Waals surface area contributed by atoms with E-state index in [4.69, 9.17) is 4.74 Å². The van der Waals surface area contributed by atoms with Crippen LogP contribution in [0.15, 0.2) is 36.4 Å². The van der Waals surface area contributed by atoms with Gasteiger partial charge in [-0.15, -0.1) is 0 Å². The topological polar surface area (TPSA) is 70.7 Å². The first-order valence-corrected chi connectivity index (χ1v) is 10.8. The van der Waals surface area contributed by atoms with E-state index in [1.165, 1.54) is 6.92 Å². The van der Waals surface area contributed by atoms with E-state index in [2.05, 4.69) is 10.2 Å². The van der Waals surface area contributed by atoms with Crippen molar-refractivity contribution < 1.29 is 31.9 Å². The molecule has 0 saturated carbocycles. The number of halogens is 4. The number of hydrogen-bond acceptors (Lipinski definition) is 4. The van der Waals surface area contributed by atoms with E-state index >= 15 is 0 Å². The minimum absolute atomic E-state index is 0.00234. The summed E-state index contributed by atoms with van der Waals surface area (Å²) in [7, 11) is 0. The van der Waals surface area contributed by atoms with Crippen molar-refractivity contribution in [1.82, 2.24) is 10.2 Å². The lowest BCUT2D eigenvalue weighted by Crippen LogP contribution is -2.44. The van der Waals surface area contributed by atoms with Crippen LogP contribution in [0.2, 0.25) is 0 Å². The molecule has 2 unspecified atom stereocenters. The van der Waals surface area contributed by atoms with Gasteiger partial charge in [-0.2, -0.15) is 13.2 Å². The van der Waals surface area contributed by atoms with Gasteiger partial charge in [0.2, 0.25) is 0 Å². The maximum atomic E-state index is 14.3. The zero-order valence-electron chi connectivity index (χ0n) is 19.1. The molecule has 2 aromatic carbocycles. The quantitative estimate of drug-likeness (QED) is 0.604. The second-order valence-electron chi connectivity index (χ2n) is 8.53. The predicted molar refractivity (Wildman–Crippen MR) is 119 cm³/mol. The molecule has 0 radical (unpaired) electrons. The molecule has 1 aliphatic rings. The van der Waals surface area contributed by atoms with Crippen LogP contribution in [0, 0.1) is 12.7 Å². The summed E-state index contributed by atoms with van der Waals surface area (Å²) >= 11 is 0. The molecule has 2 aromatic rings. The highest BCUT2D eigenvalue weighted by atomic mass is 19.4. The molecule has 3 rings (SSSR count). The number of benzene rings is 2. The van der Waals surface area contributed by atoms with Gasteiger partial charge in [-0.1, -0.05) is 12.1 Å². The summed E-state index contributed by atoms with van der Waals surface area (Å²) in [4.78, 5) is 27.0. The second kappa shape index (κ2) is 10.5. The number of alkyl halides is 3. The van der Waals surface area contributed by atoms with Gasteiger partial charge in [-0.25, -0.2) is 4.39 Å². The molecule has 6 nitrogen and oxygen atoms in total. The lowest BCUT2D eigenvalue weighted by Gasteiger charge is -2.35. The SMILES string of the molecule is Cc1c(F)cc(C(=O)NCC(F)(F)F)cc1NC(=O)c1ccc(CN2CC(C)OC(C)C2)cc1. The molecular formula is C24H27F4N3O3. The highest BCUT2D eigenvalue weighted by Gasteiger charge is 2.28. The molecule has 184 valence electrons. The Morgan fingerprint density at radius 2 is 1.65 bits per heavy atom. The summed E-state index contributed by atoms with van der Waals surface area (Å²) in [5.41, 5.74) is 1.07. The zero-order chi connectivity index (χ0) is 25.0. The molecule has 0 spiro atoms. The summed E-state index contributed by atoms with van der Waals surface area (Å²) in [6.07, 6.45) is -4.31. The summed E-state index contributed by atoms with van der Waals surface area (Å²) in [6.45, 7) is 6.23. The van der Waals surface area contributed by atoms with Crippen LogP contribution in [0.25, 0.3) is 0 Å². The maximum absolute atomic E-state index is 14.3. The highest BCUT2D eigenvalue weighted by molar-refractivity contribution is 6.05. The van der Waals surface area contributed by atoms with E-state index in [0.717, 1.165) is 30.8 Å². The third-order valence-electron chi connectivity index (χ3n) is 5.42. The fraction of sp³-hybridized carbons (Fsp3) is 0.417. The minimum Gasteiger partial charge on any atom is -0.373 e. The third kappa shape index (κ3) is 7.01. The summed E-state index contributed by atoms with van der Waals surface area (Å²) in [6, 6.07) is 8.92. The number of hydrogen-bond donors (Lipinski definition) is 2. The van der Waals surface area contributed by atoms with E-state index in [1.807, 2.05) is 26.0 Å². The summed E-state index contributed by atoms with van der Waals surface area (Å²) < 4.78 is 57.1. The Balaban J connectivity index is 1.67. The molecule has 1 aliphatic heterocycles. The van der Waals surface area contributed by atoms with E-state index in [-0.39, 0.29) is 29.0 Å². The lowest BCUT2D eigenvalue weighted by atomic mass is 10.1. The Labute approximate surface area is 195 Å². The number of morpholine rings is 1. The first-order chi connectivity index (χ1) is 15.9. The lowest BCUT2D eigenvalue weighted by molar-refractivity contribution is -0.123. The number of nitrogens with one attached hydrogen (secondary N) is 2.